The highest BCUT2D eigenvalue weighted by Crippen LogP contribution is 2.24. The zero-order valence-corrected chi connectivity index (χ0v) is 19.1. The van der Waals surface area contributed by atoms with Crippen molar-refractivity contribution in [3.63, 3.8) is 0 Å². The number of hydrogen-bond acceptors (Lipinski definition) is 4. The Hall–Kier alpha value is -1.51. The molecule has 0 aromatic heterocycles. The first-order chi connectivity index (χ1) is 13.8. The number of nitrogens with one attached hydrogen (secondary N) is 2. The van der Waals surface area contributed by atoms with Gasteiger partial charge in [-0.25, -0.2) is 8.42 Å². The smallest absolute Gasteiger partial charge is 0.243 e. The van der Waals surface area contributed by atoms with Crippen LogP contribution >= 0.6 is 12.2 Å². The van der Waals surface area contributed by atoms with E-state index in [0.29, 0.717) is 31.1 Å². The Balaban J connectivity index is 1.82. The number of hydrogen-bond donors (Lipinski definition) is 2. The van der Waals surface area contributed by atoms with Crippen LogP contribution in [0.15, 0.2) is 29.2 Å². The molecule has 0 spiro atoms. The highest BCUT2D eigenvalue weighted by atomic mass is 32.2. The van der Waals surface area contributed by atoms with Gasteiger partial charge in [0.15, 0.2) is 5.11 Å². The molecule has 1 saturated heterocycles. The molecule has 29 heavy (non-hydrogen) atoms. The van der Waals surface area contributed by atoms with E-state index in [1.165, 1.54) is 12.8 Å². The Morgan fingerprint density at radius 1 is 1.10 bits per heavy atom. The maximum absolute atomic E-state index is 12.8. The van der Waals surface area contributed by atoms with Crippen LogP contribution in [-0.4, -0.2) is 36.8 Å². The molecule has 1 amide bonds. The van der Waals surface area contributed by atoms with Gasteiger partial charge in [-0.3, -0.25) is 4.79 Å². The van der Waals surface area contributed by atoms with Crippen LogP contribution in [0.4, 0.5) is 5.69 Å². The fourth-order valence-electron chi connectivity index (χ4n) is 3.33. The Labute approximate surface area is 180 Å². The van der Waals surface area contributed by atoms with E-state index >= 15 is 0 Å². The molecule has 6 nitrogen and oxygen atoms in total. The molecule has 2 rings (SSSR count). The first kappa shape index (κ1) is 23.8. The van der Waals surface area contributed by atoms with Gasteiger partial charge < -0.3 is 10.6 Å². The lowest BCUT2D eigenvalue weighted by molar-refractivity contribution is -0.119. The van der Waals surface area contributed by atoms with Crippen molar-refractivity contribution in [1.82, 2.24) is 9.62 Å². The topological polar surface area (TPSA) is 78.5 Å². The van der Waals surface area contributed by atoms with E-state index in [4.69, 9.17) is 12.2 Å². The molecule has 2 N–H and O–H groups in total. The number of nitrogens with zero attached hydrogens (tertiary/aromatic N) is 1. The Morgan fingerprint density at radius 2 is 1.72 bits per heavy atom. The van der Waals surface area contributed by atoms with Crippen LogP contribution in [0.2, 0.25) is 0 Å². The Morgan fingerprint density at radius 3 is 2.34 bits per heavy atom. The summed E-state index contributed by atoms with van der Waals surface area (Å²) < 4.78 is 27.1. The van der Waals surface area contributed by atoms with Gasteiger partial charge in [0, 0.05) is 25.2 Å². The molecule has 0 saturated carbocycles. The lowest BCUT2D eigenvalue weighted by atomic mass is 10.0. The maximum atomic E-state index is 12.8. The number of sulfonamides is 1. The summed E-state index contributed by atoms with van der Waals surface area (Å²) in [5, 5.41) is 5.84. The molecule has 1 heterocycles. The number of anilines is 1. The second-order valence-electron chi connectivity index (χ2n) is 7.78. The number of rotatable bonds is 9. The predicted octanol–water partition coefficient (Wildman–Crippen LogP) is 4.28. The van der Waals surface area contributed by atoms with Crippen molar-refractivity contribution >= 4 is 38.9 Å². The third kappa shape index (κ3) is 7.68. The van der Waals surface area contributed by atoms with Crippen molar-refractivity contribution in [3.05, 3.63) is 24.3 Å². The molecule has 1 fully saturated rings. The fourth-order valence-corrected chi connectivity index (χ4v) is 5.03. The normalized spacial score (nSPS) is 15.8. The number of thiocarbonyl (C=S) groups is 1. The minimum absolute atomic E-state index is 0.0995. The standard InChI is InChI=1S/C21H33N3O3S2/c1-3-4-5-6-7-8-20(25)23-21(28)22-18-9-11-19(12-10-18)29(26,27)24-15-13-17(2)14-16-24/h9-12,17H,3-8,13-16H2,1-2H3,(H2,22,23,25,28). The first-order valence-electron chi connectivity index (χ1n) is 10.5. The van der Waals surface area contributed by atoms with Crippen molar-refractivity contribution in [3.8, 4) is 0 Å². The van der Waals surface area contributed by atoms with E-state index in [1.807, 2.05) is 0 Å². The second-order valence-corrected chi connectivity index (χ2v) is 10.1. The molecule has 0 atom stereocenters. The van der Waals surface area contributed by atoms with Gasteiger partial charge in [0.1, 0.15) is 0 Å². The summed E-state index contributed by atoms with van der Waals surface area (Å²) in [6.07, 6.45) is 7.68. The second kappa shape index (κ2) is 11.6. The van der Waals surface area contributed by atoms with Gasteiger partial charge >= 0.3 is 0 Å². The number of benzene rings is 1. The fraction of sp³-hybridized carbons (Fsp3) is 0.619. The van der Waals surface area contributed by atoms with Crippen molar-refractivity contribution < 1.29 is 13.2 Å². The zero-order chi connectivity index (χ0) is 21.3. The van der Waals surface area contributed by atoms with Gasteiger partial charge in [0.25, 0.3) is 0 Å². The quantitative estimate of drug-likeness (QED) is 0.443. The van der Waals surface area contributed by atoms with Crippen molar-refractivity contribution in [2.75, 3.05) is 18.4 Å². The third-order valence-corrected chi connectivity index (χ3v) is 7.37. The first-order valence-corrected chi connectivity index (χ1v) is 12.4. The molecule has 0 unspecified atom stereocenters. The number of carbonyl (C=O) groups excluding carboxylic acids is 1. The molecular weight excluding hydrogens is 406 g/mol. The van der Waals surface area contributed by atoms with Gasteiger partial charge in [0.2, 0.25) is 15.9 Å². The Bertz CT molecular complexity index is 771. The van der Waals surface area contributed by atoms with Gasteiger partial charge in [0.05, 0.1) is 4.90 Å². The lowest BCUT2D eigenvalue weighted by Crippen LogP contribution is -2.37. The molecule has 1 aliphatic heterocycles. The van der Waals surface area contributed by atoms with Crippen molar-refractivity contribution in [2.45, 2.75) is 70.1 Å². The monoisotopic (exact) mass is 439 g/mol. The summed E-state index contributed by atoms with van der Waals surface area (Å²) in [5.41, 5.74) is 0.643. The highest BCUT2D eigenvalue weighted by Gasteiger charge is 2.27. The van der Waals surface area contributed by atoms with E-state index in [1.54, 1.807) is 28.6 Å². The maximum Gasteiger partial charge on any atom is 0.243 e. The van der Waals surface area contributed by atoms with Gasteiger partial charge in [-0.2, -0.15) is 4.31 Å². The van der Waals surface area contributed by atoms with E-state index in [-0.39, 0.29) is 15.9 Å². The van der Waals surface area contributed by atoms with E-state index in [9.17, 15) is 13.2 Å². The molecule has 0 aliphatic carbocycles. The predicted molar refractivity (Wildman–Crippen MR) is 121 cm³/mol. The molecule has 1 aliphatic rings. The minimum Gasteiger partial charge on any atom is -0.332 e. The number of carbonyl (C=O) groups is 1. The van der Waals surface area contributed by atoms with Crippen molar-refractivity contribution in [1.29, 1.82) is 0 Å². The summed E-state index contributed by atoms with van der Waals surface area (Å²) in [7, 11) is -3.46. The molecular formula is C21H33N3O3S2. The molecule has 0 radical (unpaired) electrons. The van der Waals surface area contributed by atoms with E-state index < -0.39 is 10.0 Å². The van der Waals surface area contributed by atoms with Crippen LogP contribution in [0, 0.1) is 5.92 Å². The van der Waals surface area contributed by atoms with Crippen LogP contribution < -0.4 is 10.6 Å². The minimum atomic E-state index is -3.46. The molecule has 162 valence electrons. The summed E-state index contributed by atoms with van der Waals surface area (Å²) in [5.74, 6) is 0.470. The summed E-state index contributed by atoms with van der Waals surface area (Å²) >= 11 is 5.18. The van der Waals surface area contributed by atoms with Crippen LogP contribution in [0.1, 0.15) is 65.2 Å². The molecule has 1 aromatic carbocycles. The number of amides is 1. The average molecular weight is 440 g/mol. The van der Waals surface area contributed by atoms with Crippen molar-refractivity contribution in [2.24, 2.45) is 5.92 Å². The summed E-state index contributed by atoms with van der Waals surface area (Å²) in [6.45, 7) is 5.45. The van der Waals surface area contributed by atoms with Crippen LogP contribution in [0.3, 0.4) is 0 Å². The SMILES string of the molecule is CCCCCCCC(=O)NC(=S)Nc1ccc(S(=O)(=O)N2CCC(C)CC2)cc1. The van der Waals surface area contributed by atoms with E-state index in [0.717, 1.165) is 32.1 Å². The van der Waals surface area contributed by atoms with Gasteiger partial charge in [-0.05, 0) is 61.7 Å². The lowest BCUT2D eigenvalue weighted by Gasteiger charge is -2.29. The third-order valence-electron chi connectivity index (χ3n) is 5.25. The average Bonchev–Trinajstić information content (AvgIpc) is 2.68. The van der Waals surface area contributed by atoms with Crippen LogP contribution in [0.5, 0.6) is 0 Å². The summed E-state index contributed by atoms with van der Waals surface area (Å²) in [4.78, 5) is 12.2. The van der Waals surface area contributed by atoms with Gasteiger partial charge in [-0.1, -0.05) is 39.5 Å². The van der Waals surface area contributed by atoms with E-state index in [2.05, 4.69) is 24.5 Å². The number of unbranched alkanes of at least 4 members (excludes halogenated alkanes) is 4. The Kier molecular flexibility index (Phi) is 9.52. The molecule has 1 aromatic rings. The summed E-state index contributed by atoms with van der Waals surface area (Å²) in [6, 6.07) is 6.49. The molecule has 0 bridgehead atoms. The largest absolute Gasteiger partial charge is 0.332 e. The van der Waals surface area contributed by atoms with Gasteiger partial charge in [-0.15, -0.1) is 0 Å². The zero-order valence-electron chi connectivity index (χ0n) is 17.4. The van der Waals surface area contributed by atoms with Crippen LogP contribution in [-0.2, 0) is 14.8 Å². The van der Waals surface area contributed by atoms with Crippen LogP contribution in [0.25, 0.3) is 0 Å². The molecule has 8 heteroatoms. The highest BCUT2D eigenvalue weighted by molar-refractivity contribution is 7.89. The number of piperidine rings is 1.